The van der Waals surface area contributed by atoms with Crippen molar-refractivity contribution in [2.75, 3.05) is 6.79 Å². The Morgan fingerprint density at radius 1 is 1.22 bits per heavy atom. The van der Waals surface area contributed by atoms with Crippen molar-refractivity contribution < 1.29 is 14.3 Å². The number of rotatable bonds is 3. The number of hydrogen-bond donors (Lipinski definition) is 0. The molecule has 0 bridgehead atoms. The number of benzene rings is 1. The van der Waals surface area contributed by atoms with Crippen LogP contribution in [0.15, 0.2) is 41.1 Å². The maximum atomic E-state index is 12.0. The maximum absolute atomic E-state index is 12.0. The Hall–Kier alpha value is -2.07. The highest BCUT2D eigenvalue weighted by Gasteiger charge is 2.14. The van der Waals surface area contributed by atoms with Crippen molar-refractivity contribution in [3.8, 4) is 11.5 Å². The quantitative estimate of drug-likeness (QED) is 0.625. The Kier molecular flexibility index (Phi) is 2.86. The summed E-state index contributed by atoms with van der Waals surface area (Å²) in [6, 6.07) is 7.18. The monoisotopic (exact) mass is 258 g/mol. The van der Waals surface area contributed by atoms with Gasteiger partial charge in [-0.25, -0.2) is 0 Å². The van der Waals surface area contributed by atoms with Crippen LogP contribution < -0.4 is 9.47 Å². The van der Waals surface area contributed by atoms with Crippen LogP contribution in [0.2, 0.25) is 0 Å². The van der Waals surface area contributed by atoms with Crippen molar-refractivity contribution >= 4 is 23.2 Å². The summed E-state index contributed by atoms with van der Waals surface area (Å²) in [6.07, 6.45) is 3.38. The van der Waals surface area contributed by atoms with Crippen molar-refractivity contribution in [3.63, 3.8) is 0 Å². The molecule has 0 N–H and O–H groups in total. The molecule has 0 radical (unpaired) electrons. The Labute approximate surface area is 108 Å². The highest BCUT2D eigenvalue weighted by Crippen LogP contribution is 2.32. The first kappa shape index (κ1) is 11.0. The zero-order valence-corrected chi connectivity index (χ0v) is 10.3. The predicted molar refractivity (Wildman–Crippen MR) is 70.2 cm³/mol. The number of hydrogen-bond acceptors (Lipinski definition) is 4. The average Bonchev–Trinajstić information content (AvgIpc) is 3.05. The molecule has 1 aliphatic heterocycles. The van der Waals surface area contributed by atoms with Crippen LogP contribution >= 0.6 is 11.3 Å². The fourth-order valence-electron chi connectivity index (χ4n) is 1.69. The zero-order valence-electron chi connectivity index (χ0n) is 9.46. The molecule has 1 aromatic carbocycles. The van der Waals surface area contributed by atoms with Crippen molar-refractivity contribution in [3.05, 3.63) is 52.2 Å². The summed E-state index contributed by atoms with van der Waals surface area (Å²) in [5.74, 6) is 1.28. The van der Waals surface area contributed by atoms with Gasteiger partial charge in [-0.3, -0.25) is 4.79 Å². The number of ether oxygens (including phenoxy) is 2. The highest BCUT2D eigenvalue weighted by molar-refractivity contribution is 7.08. The molecule has 0 fully saturated rings. The van der Waals surface area contributed by atoms with Gasteiger partial charge in [0, 0.05) is 5.56 Å². The van der Waals surface area contributed by atoms with Crippen molar-refractivity contribution in [1.82, 2.24) is 0 Å². The smallest absolute Gasteiger partial charge is 0.231 e. The van der Waals surface area contributed by atoms with Crippen molar-refractivity contribution in [1.29, 1.82) is 0 Å². The predicted octanol–water partition coefficient (Wildman–Crippen LogP) is 3.37. The molecular weight excluding hydrogens is 248 g/mol. The molecule has 0 atom stereocenters. The van der Waals surface area contributed by atoms with E-state index in [-0.39, 0.29) is 12.6 Å². The first-order chi connectivity index (χ1) is 8.83. The normalized spacial score (nSPS) is 13.1. The Morgan fingerprint density at radius 2 is 2.11 bits per heavy atom. The Bertz CT molecular complexity index is 600. The van der Waals surface area contributed by atoms with E-state index in [0.717, 1.165) is 5.56 Å². The van der Waals surface area contributed by atoms with Gasteiger partial charge >= 0.3 is 0 Å². The average molecular weight is 258 g/mol. The topological polar surface area (TPSA) is 35.5 Å². The van der Waals surface area contributed by atoms with Crippen LogP contribution in [0, 0.1) is 0 Å². The van der Waals surface area contributed by atoms with Gasteiger partial charge in [0.2, 0.25) is 6.79 Å². The summed E-state index contributed by atoms with van der Waals surface area (Å²) in [5.41, 5.74) is 1.64. The summed E-state index contributed by atoms with van der Waals surface area (Å²) in [6.45, 7) is 0.220. The first-order valence-electron chi connectivity index (χ1n) is 5.47. The Morgan fingerprint density at radius 3 is 2.94 bits per heavy atom. The summed E-state index contributed by atoms with van der Waals surface area (Å²) in [4.78, 5) is 12.0. The van der Waals surface area contributed by atoms with Gasteiger partial charge in [-0.2, -0.15) is 11.3 Å². The van der Waals surface area contributed by atoms with E-state index in [1.807, 2.05) is 22.9 Å². The molecule has 3 nitrogen and oxygen atoms in total. The zero-order chi connectivity index (χ0) is 12.4. The van der Waals surface area contributed by atoms with Crippen LogP contribution in [-0.4, -0.2) is 12.6 Å². The number of thiophene rings is 1. The molecule has 3 rings (SSSR count). The van der Waals surface area contributed by atoms with Gasteiger partial charge in [0.1, 0.15) is 0 Å². The standard InChI is InChI=1S/C14H10O3S/c15-12(3-1-10-5-6-18-8-10)11-2-4-13-14(7-11)17-9-16-13/h1-8H,9H2. The second-order valence-electron chi connectivity index (χ2n) is 3.82. The number of allylic oxidation sites excluding steroid dienone is 1. The van der Waals surface area contributed by atoms with E-state index in [0.29, 0.717) is 17.1 Å². The minimum Gasteiger partial charge on any atom is -0.454 e. The van der Waals surface area contributed by atoms with Crippen LogP contribution in [0.25, 0.3) is 6.08 Å². The van der Waals surface area contributed by atoms with E-state index in [1.165, 1.54) is 0 Å². The Balaban J connectivity index is 1.80. The van der Waals surface area contributed by atoms with Gasteiger partial charge in [-0.05, 0) is 46.7 Å². The lowest BCUT2D eigenvalue weighted by molar-refractivity contribution is 0.104. The maximum Gasteiger partial charge on any atom is 0.231 e. The lowest BCUT2D eigenvalue weighted by atomic mass is 10.1. The van der Waals surface area contributed by atoms with Crippen LogP contribution in [-0.2, 0) is 0 Å². The number of carbonyl (C=O) groups excluding carboxylic acids is 1. The van der Waals surface area contributed by atoms with Gasteiger partial charge in [-0.1, -0.05) is 6.08 Å². The van der Waals surface area contributed by atoms with Gasteiger partial charge in [-0.15, -0.1) is 0 Å². The third-order valence-corrected chi connectivity index (χ3v) is 3.33. The van der Waals surface area contributed by atoms with Crippen molar-refractivity contribution in [2.24, 2.45) is 0 Å². The molecule has 18 heavy (non-hydrogen) atoms. The lowest BCUT2D eigenvalue weighted by Gasteiger charge is -1.98. The largest absolute Gasteiger partial charge is 0.454 e. The van der Waals surface area contributed by atoms with Gasteiger partial charge < -0.3 is 9.47 Å². The molecule has 0 saturated heterocycles. The first-order valence-corrected chi connectivity index (χ1v) is 6.41. The van der Waals surface area contributed by atoms with E-state index in [4.69, 9.17) is 9.47 Å². The van der Waals surface area contributed by atoms with Gasteiger partial charge in [0.05, 0.1) is 0 Å². The minimum atomic E-state index is -0.0421. The van der Waals surface area contributed by atoms with Crippen LogP contribution in [0.5, 0.6) is 11.5 Å². The molecule has 2 aromatic rings. The van der Waals surface area contributed by atoms with E-state index in [9.17, 15) is 4.79 Å². The van der Waals surface area contributed by atoms with E-state index < -0.39 is 0 Å². The molecule has 0 spiro atoms. The molecule has 4 heteroatoms. The molecule has 0 unspecified atom stereocenters. The third kappa shape index (κ3) is 2.15. The van der Waals surface area contributed by atoms with Gasteiger partial charge in [0.25, 0.3) is 0 Å². The minimum absolute atomic E-state index is 0.0421. The summed E-state index contributed by atoms with van der Waals surface area (Å²) in [7, 11) is 0. The molecule has 1 aromatic heterocycles. The lowest BCUT2D eigenvalue weighted by Crippen LogP contribution is -1.94. The van der Waals surface area contributed by atoms with E-state index >= 15 is 0 Å². The van der Waals surface area contributed by atoms with Crippen LogP contribution in [0.3, 0.4) is 0 Å². The molecule has 90 valence electrons. The molecular formula is C14H10O3S. The van der Waals surface area contributed by atoms with Crippen molar-refractivity contribution in [2.45, 2.75) is 0 Å². The fraction of sp³-hybridized carbons (Fsp3) is 0.0714. The third-order valence-electron chi connectivity index (χ3n) is 2.63. The van der Waals surface area contributed by atoms with Gasteiger partial charge in [0.15, 0.2) is 17.3 Å². The van der Waals surface area contributed by atoms with E-state index in [2.05, 4.69) is 0 Å². The summed E-state index contributed by atoms with van der Waals surface area (Å²) < 4.78 is 10.4. The van der Waals surface area contributed by atoms with Crippen LogP contribution in [0.1, 0.15) is 15.9 Å². The number of carbonyl (C=O) groups is 1. The van der Waals surface area contributed by atoms with E-state index in [1.54, 1.807) is 35.6 Å². The molecule has 2 heterocycles. The second kappa shape index (κ2) is 4.66. The SMILES string of the molecule is O=C(C=Cc1ccsc1)c1ccc2c(c1)OCO2. The molecule has 1 aliphatic rings. The second-order valence-corrected chi connectivity index (χ2v) is 4.60. The van der Waals surface area contributed by atoms with Crippen LogP contribution in [0.4, 0.5) is 0 Å². The number of ketones is 1. The summed E-state index contributed by atoms with van der Waals surface area (Å²) >= 11 is 1.60. The fourth-order valence-corrected chi connectivity index (χ4v) is 2.32. The molecule has 0 amide bonds. The number of fused-ring (bicyclic) bond motifs is 1. The highest BCUT2D eigenvalue weighted by atomic mass is 32.1. The molecule has 0 aliphatic carbocycles. The molecule has 0 saturated carbocycles. The summed E-state index contributed by atoms with van der Waals surface area (Å²) in [5, 5.41) is 3.97.